The molecule has 110 valence electrons. The summed E-state index contributed by atoms with van der Waals surface area (Å²) in [6, 6.07) is 6.55. The highest BCUT2D eigenvalue weighted by Gasteiger charge is 2.13. The second kappa shape index (κ2) is 6.08. The van der Waals surface area contributed by atoms with Crippen molar-refractivity contribution in [2.24, 2.45) is 0 Å². The molecule has 1 aromatic heterocycles. The molecule has 2 rings (SSSR count). The molecular weight excluding hydrogens is 272 g/mol. The van der Waals surface area contributed by atoms with E-state index in [-0.39, 0.29) is 11.9 Å². The molecule has 3 N–H and O–H groups in total. The molecule has 0 aliphatic rings. The number of benzene rings is 1. The van der Waals surface area contributed by atoms with Gasteiger partial charge in [-0.05, 0) is 30.7 Å². The predicted molar refractivity (Wildman–Crippen MR) is 78.7 cm³/mol. The highest BCUT2D eigenvalue weighted by Crippen LogP contribution is 2.19. The van der Waals surface area contributed by atoms with Crippen LogP contribution in [0, 0.1) is 6.92 Å². The molecule has 7 heteroatoms. The lowest BCUT2D eigenvalue weighted by Crippen LogP contribution is -2.16. The van der Waals surface area contributed by atoms with Crippen molar-refractivity contribution >= 4 is 17.5 Å². The van der Waals surface area contributed by atoms with E-state index in [0.717, 1.165) is 5.56 Å². The number of hydrogen-bond donors (Lipinski definition) is 2. The molecule has 1 heterocycles. The molecule has 1 amide bonds. The number of rotatable bonds is 4. The number of hydrogen-bond acceptors (Lipinski definition) is 6. The Balaban J connectivity index is 2.26. The van der Waals surface area contributed by atoms with Crippen LogP contribution in [-0.4, -0.2) is 30.1 Å². The highest BCUT2D eigenvalue weighted by atomic mass is 16.5. The van der Waals surface area contributed by atoms with Crippen LogP contribution < -0.4 is 20.5 Å². The molecule has 0 bridgehead atoms. The number of carbonyl (C=O) groups is 1. The standard InChI is InChI=1S/C14H16N4O3/c1-8-6-9(15)4-5-10(8)13(19)18-14-16-11(20-2)7-12(17-14)21-3/h4-7H,15H2,1-3H3,(H,16,17,18,19). The number of ether oxygens (including phenoxy) is 2. The minimum Gasteiger partial charge on any atom is -0.481 e. The van der Waals surface area contributed by atoms with Crippen molar-refractivity contribution in [2.45, 2.75) is 6.92 Å². The molecule has 0 saturated heterocycles. The van der Waals surface area contributed by atoms with Gasteiger partial charge in [0.2, 0.25) is 17.7 Å². The number of nitrogens with one attached hydrogen (secondary N) is 1. The molecule has 0 saturated carbocycles. The summed E-state index contributed by atoms with van der Waals surface area (Å²) < 4.78 is 10.1. The van der Waals surface area contributed by atoms with Crippen LogP contribution in [0.4, 0.5) is 11.6 Å². The van der Waals surface area contributed by atoms with Gasteiger partial charge < -0.3 is 15.2 Å². The van der Waals surface area contributed by atoms with Crippen LogP contribution >= 0.6 is 0 Å². The van der Waals surface area contributed by atoms with E-state index >= 15 is 0 Å². The van der Waals surface area contributed by atoms with Gasteiger partial charge in [-0.1, -0.05) is 0 Å². The molecule has 0 fully saturated rings. The van der Waals surface area contributed by atoms with Gasteiger partial charge in [-0.25, -0.2) is 0 Å². The van der Waals surface area contributed by atoms with E-state index in [2.05, 4.69) is 15.3 Å². The first-order chi connectivity index (χ1) is 10.0. The number of amides is 1. The topological polar surface area (TPSA) is 99.4 Å². The number of anilines is 2. The fourth-order valence-corrected chi connectivity index (χ4v) is 1.78. The fourth-order valence-electron chi connectivity index (χ4n) is 1.78. The van der Waals surface area contributed by atoms with Crippen molar-refractivity contribution in [2.75, 3.05) is 25.3 Å². The number of nitrogen functional groups attached to an aromatic ring is 1. The number of nitrogens with two attached hydrogens (primary N) is 1. The van der Waals surface area contributed by atoms with Crippen molar-refractivity contribution < 1.29 is 14.3 Å². The number of methoxy groups -OCH3 is 2. The third-order valence-electron chi connectivity index (χ3n) is 2.82. The predicted octanol–water partition coefficient (Wildman–Crippen LogP) is 1.64. The van der Waals surface area contributed by atoms with Gasteiger partial charge in [0, 0.05) is 11.3 Å². The summed E-state index contributed by atoms with van der Waals surface area (Å²) in [5.41, 5.74) is 7.53. The Kier molecular flexibility index (Phi) is 4.22. The Hall–Kier alpha value is -2.83. The summed E-state index contributed by atoms with van der Waals surface area (Å²) in [6.07, 6.45) is 0. The molecular formula is C14H16N4O3. The third kappa shape index (κ3) is 3.38. The van der Waals surface area contributed by atoms with Crippen molar-refractivity contribution in [3.8, 4) is 11.8 Å². The summed E-state index contributed by atoms with van der Waals surface area (Å²) in [5, 5.41) is 2.61. The summed E-state index contributed by atoms with van der Waals surface area (Å²) >= 11 is 0. The van der Waals surface area contributed by atoms with Gasteiger partial charge in [0.25, 0.3) is 5.91 Å². The lowest BCUT2D eigenvalue weighted by molar-refractivity contribution is 0.102. The Morgan fingerprint density at radius 1 is 1.14 bits per heavy atom. The lowest BCUT2D eigenvalue weighted by Gasteiger charge is -2.09. The first-order valence-corrected chi connectivity index (χ1v) is 6.18. The maximum Gasteiger partial charge on any atom is 0.258 e. The van der Waals surface area contributed by atoms with Crippen LogP contribution in [0.3, 0.4) is 0 Å². The molecule has 0 aliphatic carbocycles. The zero-order valence-electron chi connectivity index (χ0n) is 12.0. The molecule has 2 aromatic rings. The van der Waals surface area contributed by atoms with E-state index in [1.165, 1.54) is 20.3 Å². The lowest BCUT2D eigenvalue weighted by atomic mass is 10.1. The summed E-state index contributed by atoms with van der Waals surface area (Å²) in [7, 11) is 2.94. The Labute approximate surface area is 122 Å². The first kappa shape index (κ1) is 14.6. The quantitative estimate of drug-likeness (QED) is 0.830. The smallest absolute Gasteiger partial charge is 0.258 e. The minimum absolute atomic E-state index is 0.104. The molecule has 0 radical (unpaired) electrons. The summed E-state index contributed by atoms with van der Waals surface area (Å²) in [5.74, 6) is 0.368. The van der Waals surface area contributed by atoms with Crippen LogP contribution in [0.1, 0.15) is 15.9 Å². The van der Waals surface area contributed by atoms with Gasteiger partial charge in [-0.2, -0.15) is 9.97 Å². The van der Waals surface area contributed by atoms with Crippen LogP contribution in [0.15, 0.2) is 24.3 Å². The van der Waals surface area contributed by atoms with E-state index in [1.54, 1.807) is 25.1 Å². The average molecular weight is 288 g/mol. The Morgan fingerprint density at radius 2 is 1.76 bits per heavy atom. The van der Waals surface area contributed by atoms with Gasteiger partial charge in [-0.3, -0.25) is 10.1 Å². The maximum absolute atomic E-state index is 12.2. The molecule has 1 aromatic carbocycles. The second-order valence-electron chi connectivity index (χ2n) is 4.30. The van der Waals surface area contributed by atoms with Gasteiger partial charge in [0.15, 0.2) is 0 Å². The number of aryl methyl sites for hydroxylation is 1. The van der Waals surface area contributed by atoms with Crippen LogP contribution in [0.25, 0.3) is 0 Å². The van der Waals surface area contributed by atoms with E-state index in [4.69, 9.17) is 15.2 Å². The molecule has 0 spiro atoms. The maximum atomic E-state index is 12.2. The van der Waals surface area contributed by atoms with Crippen molar-refractivity contribution in [3.05, 3.63) is 35.4 Å². The van der Waals surface area contributed by atoms with E-state index < -0.39 is 0 Å². The van der Waals surface area contributed by atoms with Crippen molar-refractivity contribution in [1.29, 1.82) is 0 Å². The van der Waals surface area contributed by atoms with Gasteiger partial charge in [-0.15, -0.1) is 0 Å². The monoisotopic (exact) mass is 288 g/mol. The Morgan fingerprint density at radius 3 is 2.29 bits per heavy atom. The third-order valence-corrected chi connectivity index (χ3v) is 2.82. The molecule has 0 aliphatic heterocycles. The molecule has 0 atom stereocenters. The van der Waals surface area contributed by atoms with E-state index in [1.807, 2.05) is 0 Å². The SMILES string of the molecule is COc1cc(OC)nc(NC(=O)c2ccc(N)cc2C)n1. The van der Waals surface area contributed by atoms with Gasteiger partial charge in [0.05, 0.1) is 20.3 Å². The summed E-state index contributed by atoms with van der Waals surface area (Å²) in [4.78, 5) is 20.3. The van der Waals surface area contributed by atoms with Crippen molar-refractivity contribution in [1.82, 2.24) is 9.97 Å². The normalized spacial score (nSPS) is 10.0. The van der Waals surface area contributed by atoms with E-state index in [0.29, 0.717) is 23.0 Å². The summed E-state index contributed by atoms with van der Waals surface area (Å²) in [6.45, 7) is 1.80. The zero-order chi connectivity index (χ0) is 15.4. The zero-order valence-corrected chi connectivity index (χ0v) is 12.0. The molecule has 0 unspecified atom stereocenters. The first-order valence-electron chi connectivity index (χ1n) is 6.18. The fraction of sp³-hybridized carbons (Fsp3) is 0.214. The second-order valence-corrected chi connectivity index (χ2v) is 4.30. The number of aromatic nitrogens is 2. The van der Waals surface area contributed by atoms with Gasteiger partial charge in [0.1, 0.15) is 0 Å². The largest absolute Gasteiger partial charge is 0.481 e. The van der Waals surface area contributed by atoms with Crippen LogP contribution in [-0.2, 0) is 0 Å². The highest BCUT2D eigenvalue weighted by molar-refractivity contribution is 6.04. The van der Waals surface area contributed by atoms with Crippen LogP contribution in [0.2, 0.25) is 0 Å². The minimum atomic E-state index is -0.331. The Bertz CT molecular complexity index is 651. The average Bonchev–Trinajstić information content (AvgIpc) is 2.46. The van der Waals surface area contributed by atoms with Crippen molar-refractivity contribution in [3.63, 3.8) is 0 Å². The van der Waals surface area contributed by atoms with Gasteiger partial charge >= 0.3 is 0 Å². The van der Waals surface area contributed by atoms with Crippen LogP contribution in [0.5, 0.6) is 11.8 Å². The van der Waals surface area contributed by atoms with E-state index in [9.17, 15) is 4.79 Å². The molecule has 7 nitrogen and oxygen atoms in total. The number of carbonyl (C=O) groups excluding carboxylic acids is 1. The molecule has 21 heavy (non-hydrogen) atoms. The number of nitrogens with zero attached hydrogens (tertiary/aromatic N) is 2.